The molecule has 0 spiro atoms. The van der Waals surface area contributed by atoms with Crippen molar-refractivity contribution < 1.29 is 0 Å². The van der Waals surface area contributed by atoms with Crippen molar-refractivity contribution in [2.75, 3.05) is 0 Å². The predicted molar refractivity (Wildman–Crippen MR) is 67.2 cm³/mol. The molecule has 0 saturated carbocycles. The van der Waals surface area contributed by atoms with Crippen LogP contribution in [-0.2, 0) is 12.8 Å². The average molecular weight is 226 g/mol. The van der Waals surface area contributed by atoms with Crippen LogP contribution in [-0.4, -0.2) is 11.0 Å². The molecule has 1 rings (SSSR count). The Hall–Kier alpha value is -0.410. The van der Waals surface area contributed by atoms with E-state index in [4.69, 9.17) is 5.73 Å². The number of rotatable bonds is 6. The summed E-state index contributed by atoms with van der Waals surface area (Å²) in [5, 5.41) is 3.42. The van der Waals surface area contributed by atoms with Gasteiger partial charge in [0.05, 0.1) is 10.7 Å². The van der Waals surface area contributed by atoms with Crippen molar-refractivity contribution in [2.45, 2.75) is 52.5 Å². The highest BCUT2D eigenvalue weighted by molar-refractivity contribution is 7.09. The molecule has 0 aliphatic rings. The fourth-order valence-corrected chi connectivity index (χ4v) is 2.21. The van der Waals surface area contributed by atoms with Gasteiger partial charge in [0, 0.05) is 17.8 Å². The van der Waals surface area contributed by atoms with E-state index in [-0.39, 0.29) is 6.04 Å². The topological polar surface area (TPSA) is 38.9 Å². The maximum absolute atomic E-state index is 5.90. The second-order valence-corrected chi connectivity index (χ2v) is 5.48. The summed E-state index contributed by atoms with van der Waals surface area (Å²) in [7, 11) is 0. The van der Waals surface area contributed by atoms with Crippen molar-refractivity contribution in [1.82, 2.24) is 4.98 Å². The van der Waals surface area contributed by atoms with Gasteiger partial charge in [-0.25, -0.2) is 4.98 Å². The molecule has 15 heavy (non-hydrogen) atoms. The van der Waals surface area contributed by atoms with Gasteiger partial charge in [0.1, 0.15) is 0 Å². The minimum Gasteiger partial charge on any atom is -0.327 e. The maximum atomic E-state index is 5.90. The van der Waals surface area contributed by atoms with E-state index in [0.29, 0.717) is 0 Å². The van der Waals surface area contributed by atoms with Gasteiger partial charge in [-0.15, -0.1) is 11.3 Å². The van der Waals surface area contributed by atoms with Crippen LogP contribution < -0.4 is 5.73 Å². The molecule has 0 aromatic carbocycles. The van der Waals surface area contributed by atoms with Crippen LogP contribution in [0.2, 0.25) is 0 Å². The fourth-order valence-electron chi connectivity index (χ4n) is 1.38. The summed E-state index contributed by atoms with van der Waals surface area (Å²) >= 11 is 1.78. The molecule has 3 heteroatoms. The molecule has 2 nitrogen and oxygen atoms in total. The first-order chi connectivity index (χ1) is 7.11. The van der Waals surface area contributed by atoms with Gasteiger partial charge in [-0.3, -0.25) is 0 Å². The lowest BCUT2D eigenvalue weighted by Gasteiger charge is -2.04. The van der Waals surface area contributed by atoms with Gasteiger partial charge in [0.25, 0.3) is 0 Å². The second kappa shape index (κ2) is 6.23. The molecule has 1 unspecified atom stereocenters. The first-order valence-corrected chi connectivity index (χ1v) is 6.68. The van der Waals surface area contributed by atoms with Crippen LogP contribution >= 0.6 is 11.3 Å². The highest BCUT2D eigenvalue weighted by atomic mass is 32.1. The van der Waals surface area contributed by atoms with Gasteiger partial charge in [0.15, 0.2) is 0 Å². The molecule has 1 heterocycles. The van der Waals surface area contributed by atoms with Crippen LogP contribution in [0.25, 0.3) is 0 Å². The van der Waals surface area contributed by atoms with Crippen LogP contribution in [0.1, 0.15) is 44.3 Å². The summed E-state index contributed by atoms with van der Waals surface area (Å²) in [6.45, 7) is 6.62. The summed E-state index contributed by atoms with van der Waals surface area (Å²) in [6, 6.07) is 0.269. The molecule has 0 aliphatic carbocycles. The van der Waals surface area contributed by atoms with E-state index in [1.807, 2.05) is 0 Å². The number of hydrogen-bond acceptors (Lipinski definition) is 3. The van der Waals surface area contributed by atoms with Crippen molar-refractivity contribution in [2.24, 2.45) is 11.7 Å². The quantitative estimate of drug-likeness (QED) is 0.810. The Morgan fingerprint density at radius 2 is 2.20 bits per heavy atom. The normalized spacial score (nSPS) is 13.4. The molecule has 0 amide bonds. The third-order valence-corrected chi connectivity index (χ3v) is 3.49. The lowest BCUT2D eigenvalue weighted by atomic mass is 10.1. The average Bonchev–Trinajstić information content (AvgIpc) is 2.62. The summed E-state index contributed by atoms with van der Waals surface area (Å²) in [5.74, 6) is 0.759. The van der Waals surface area contributed by atoms with Gasteiger partial charge < -0.3 is 5.73 Å². The van der Waals surface area contributed by atoms with Crippen molar-refractivity contribution in [3.8, 4) is 0 Å². The molecular formula is C12H22N2S. The smallest absolute Gasteiger partial charge is 0.0928 e. The Bertz CT molecular complexity index is 281. The summed E-state index contributed by atoms with van der Waals surface area (Å²) in [6.07, 6.45) is 4.30. The molecule has 0 aliphatic heterocycles. The van der Waals surface area contributed by atoms with E-state index in [9.17, 15) is 0 Å². The highest BCUT2D eigenvalue weighted by Gasteiger charge is 2.06. The van der Waals surface area contributed by atoms with Gasteiger partial charge in [-0.05, 0) is 25.2 Å². The van der Waals surface area contributed by atoms with Gasteiger partial charge in [-0.1, -0.05) is 20.8 Å². The van der Waals surface area contributed by atoms with Crippen molar-refractivity contribution in [1.29, 1.82) is 0 Å². The molecule has 2 N–H and O–H groups in total. The monoisotopic (exact) mass is 226 g/mol. The Morgan fingerprint density at radius 1 is 1.47 bits per heavy atom. The SMILES string of the molecule is CCC(N)Cc1csc(CCC(C)C)n1. The fraction of sp³-hybridized carbons (Fsp3) is 0.750. The van der Waals surface area contributed by atoms with Gasteiger partial charge >= 0.3 is 0 Å². The Morgan fingerprint density at radius 3 is 2.80 bits per heavy atom. The zero-order valence-corrected chi connectivity index (χ0v) is 10.8. The maximum Gasteiger partial charge on any atom is 0.0928 e. The predicted octanol–water partition coefficient (Wildman–Crippen LogP) is 3.01. The van der Waals surface area contributed by atoms with Crippen LogP contribution in [0.3, 0.4) is 0 Å². The number of hydrogen-bond donors (Lipinski definition) is 1. The molecule has 86 valence electrons. The van der Waals surface area contributed by atoms with E-state index < -0.39 is 0 Å². The summed E-state index contributed by atoms with van der Waals surface area (Å²) < 4.78 is 0. The Balaban J connectivity index is 2.42. The zero-order chi connectivity index (χ0) is 11.3. The number of thiazole rings is 1. The molecule has 0 saturated heterocycles. The van der Waals surface area contributed by atoms with E-state index >= 15 is 0 Å². The number of nitrogens with two attached hydrogens (primary N) is 1. The van der Waals surface area contributed by atoms with E-state index in [1.165, 1.54) is 17.1 Å². The Kier molecular flexibility index (Phi) is 5.26. The second-order valence-electron chi connectivity index (χ2n) is 4.54. The van der Waals surface area contributed by atoms with Crippen molar-refractivity contribution >= 4 is 11.3 Å². The zero-order valence-electron chi connectivity index (χ0n) is 9.99. The molecule has 1 aromatic heterocycles. The van der Waals surface area contributed by atoms with Crippen molar-refractivity contribution in [3.05, 3.63) is 16.1 Å². The lowest BCUT2D eigenvalue weighted by Crippen LogP contribution is -2.21. The largest absolute Gasteiger partial charge is 0.327 e. The number of aromatic nitrogens is 1. The highest BCUT2D eigenvalue weighted by Crippen LogP contribution is 2.15. The molecule has 0 fully saturated rings. The van der Waals surface area contributed by atoms with Gasteiger partial charge in [0.2, 0.25) is 0 Å². The van der Waals surface area contributed by atoms with Gasteiger partial charge in [-0.2, -0.15) is 0 Å². The molecule has 1 aromatic rings. The Labute approximate surface area is 96.9 Å². The van der Waals surface area contributed by atoms with Crippen LogP contribution in [0.4, 0.5) is 0 Å². The standard InChI is InChI=1S/C12H22N2S/c1-4-10(13)7-11-8-15-12(14-11)6-5-9(2)3/h8-10H,4-7,13H2,1-3H3. The molecule has 0 radical (unpaired) electrons. The molecule has 1 atom stereocenters. The number of nitrogens with zero attached hydrogens (tertiary/aromatic N) is 1. The van der Waals surface area contributed by atoms with Crippen LogP contribution in [0.5, 0.6) is 0 Å². The minimum atomic E-state index is 0.269. The molecule has 0 bridgehead atoms. The van der Waals surface area contributed by atoms with E-state index in [1.54, 1.807) is 11.3 Å². The van der Waals surface area contributed by atoms with E-state index in [2.05, 4.69) is 31.1 Å². The third-order valence-electron chi connectivity index (χ3n) is 2.53. The number of aryl methyl sites for hydroxylation is 1. The summed E-state index contributed by atoms with van der Waals surface area (Å²) in [5.41, 5.74) is 7.08. The van der Waals surface area contributed by atoms with Crippen molar-refractivity contribution in [3.63, 3.8) is 0 Å². The van der Waals surface area contributed by atoms with Crippen LogP contribution in [0, 0.1) is 5.92 Å². The first kappa shape index (κ1) is 12.7. The first-order valence-electron chi connectivity index (χ1n) is 5.80. The lowest BCUT2D eigenvalue weighted by molar-refractivity contribution is 0.583. The summed E-state index contributed by atoms with van der Waals surface area (Å²) in [4.78, 5) is 4.61. The van der Waals surface area contributed by atoms with E-state index in [0.717, 1.165) is 25.2 Å². The minimum absolute atomic E-state index is 0.269. The third kappa shape index (κ3) is 4.76. The van der Waals surface area contributed by atoms with Crippen LogP contribution in [0.15, 0.2) is 5.38 Å². The molecular weight excluding hydrogens is 204 g/mol.